The minimum atomic E-state index is -0.206. The molecule has 1 amide bonds. The summed E-state index contributed by atoms with van der Waals surface area (Å²) in [5.41, 5.74) is 2.15. The molecule has 0 atom stereocenters. The molecule has 1 rings (SSSR count). The van der Waals surface area contributed by atoms with Crippen LogP contribution < -0.4 is 0 Å². The Labute approximate surface area is 113 Å². The van der Waals surface area contributed by atoms with Gasteiger partial charge in [-0.25, -0.2) is 0 Å². The molecule has 4 heteroatoms. The van der Waals surface area contributed by atoms with Crippen molar-refractivity contribution in [2.24, 2.45) is 0 Å². The van der Waals surface area contributed by atoms with Crippen molar-refractivity contribution in [2.45, 2.75) is 13.8 Å². The van der Waals surface area contributed by atoms with Gasteiger partial charge in [0, 0.05) is 24.2 Å². The molecule has 1 aromatic carbocycles. The van der Waals surface area contributed by atoms with Gasteiger partial charge in [0.25, 0.3) is 5.91 Å². The second-order valence-electron chi connectivity index (χ2n) is 4.10. The summed E-state index contributed by atoms with van der Waals surface area (Å²) in [5, 5.41) is 17.6. The molecule has 0 radical (unpaired) electrons. The second-order valence-corrected chi connectivity index (χ2v) is 4.10. The van der Waals surface area contributed by atoms with Crippen LogP contribution in [0, 0.1) is 18.8 Å². The van der Waals surface area contributed by atoms with E-state index in [0.29, 0.717) is 24.2 Å². The predicted octanol–water partition coefficient (Wildman–Crippen LogP) is 0.793. The number of aliphatic hydroxyl groups excluding tert-OH is 2. The van der Waals surface area contributed by atoms with Gasteiger partial charge in [-0.2, -0.15) is 0 Å². The van der Waals surface area contributed by atoms with E-state index in [2.05, 4.69) is 11.8 Å². The summed E-state index contributed by atoms with van der Waals surface area (Å²) in [6.45, 7) is 4.35. The molecule has 0 unspecified atom stereocenters. The lowest BCUT2D eigenvalue weighted by Crippen LogP contribution is -2.33. The van der Waals surface area contributed by atoms with E-state index in [-0.39, 0.29) is 19.1 Å². The van der Waals surface area contributed by atoms with Gasteiger partial charge in [-0.05, 0) is 31.5 Å². The Morgan fingerprint density at radius 2 is 2.11 bits per heavy atom. The van der Waals surface area contributed by atoms with Crippen molar-refractivity contribution in [3.05, 3.63) is 34.9 Å². The van der Waals surface area contributed by atoms with Crippen LogP contribution in [0.2, 0.25) is 0 Å². The summed E-state index contributed by atoms with van der Waals surface area (Å²) in [4.78, 5) is 13.9. The molecule has 0 aliphatic rings. The first-order valence-corrected chi connectivity index (χ1v) is 6.24. The highest BCUT2D eigenvalue weighted by atomic mass is 16.3. The van der Waals surface area contributed by atoms with Gasteiger partial charge in [0.05, 0.1) is 6.61 Å². The summed E-state index contributed by atoms with van der Waals surface area (Å²) in [6.07, 6.45) is 0. The maximum absolute atomic E-state index is 12.3. The van der Waals surface area contributed by atoms with Crippen LogP contribution in [0.5, 0.6) is 0 Å². The lowest BCUT2D eigenvalue weighted by atomic mass is 10.0. The van der Waals surface area contributed by atoms with Gasteiger partial charge in [-0.1, -0.05) is 17.9 Å². The number of nitrogens with zero attached hydrogens (tertiary/aromatic N) is 1. The van der Waals surface area contributed by atoms with Crippen LogP contribution in [-0.4, -0.2) is 47.3 Å². The smallest absolute Gasteiger partial charge is 0.254 e. The third-order valence-electron chi connectivity index (χ3n) is 2.82. The van der Waals surface area contributed by atoms with Gasteiger partial charge in [0.15, 0.2) is 0 Å². The highest BCUT2D eigenvalue weighted by Crippen LogP contribution is 2.13. The molecule has 0 fully saturated rings. The molecule has 0 spiro atoms. The van der Waals surface area contributed by atoms with Gasteiger partial charge in [0.1, 0.15) is 6.61 Å². The third kappa shape index (κ3) is 4.09. The zero-order valence-electron chi connectivity index (χ0n) is 11.3. The predicted molar refractivity (Wildman–Crippen MR) is 73.8 cm³/mol. The number of benzene rings is 1. The van der Waals surface area contributed by atoms with Crippen LogP contribution in [0.15, 0.2) is 18.2 Å². The van der Waals surface area contributed by atoms with Crippen LogP contribution >= 0.6 is 0 Å². The van der Waals surface area contributed by atoms with Gasteiger partial charge < -0.3 is 15.1 Å². The fourth-order valence-corrected chi connectivity index (χ4v) is 1.77. The normalized spacial score (nSPS) is 9.68. The topological polar surface area (TPSA) is 60.8 Å². The van der Waals surface area contributed by atoms with Crippen molar-refractivity contribution in [1.82, 2.24) is 4.90 Å². The van der Waals surface area contributed by atoms with E-state index in [0.717, 1.165) is 5.56 Å². The Hall–Kier alpha value is -1.83. The summed E-state index contributed by atoms with van der Waals surface area (Å²) in [5.74, 6) is 5.24. The molecular formula is C15H19NO3. The van der Waals surface area contributed by atoms with Crippen LogP contribution in [0.4, 0.5) is 0 Å². The molecule has 0 aromatic heterocycles. The minimum absolute atomic E-state index is 0.0529. The monoisotopic (exact) mass is 261 g/mol. The van der Waals surface area contributed by atoms with E-state index < -0.39 is 0 Å². The van der Waals surface area contributed by atoms with E-state index in [4.69, 9.17) is 10.2 Å². The lowest BCUT2D eigenvalue weighted by Gasteiger charge is -2.20. The second kappa shape index (κ2) is 7.57. The number of amides is 1. The highest BCUT2D eigenvalue weighted by molar-refractivity contribution is 5.96. The Morgan fingerprint density at radius 3 is 2.68 bits per heavy atom. The minimum Gasteiger partial charge on any atom is -0.395 e. The van der Waals surface area contributed by atoms with Crippen molar-refractivity contribution in [2.75, 3.05) is 26.3 Å². The van der Waals surface area contributed by atoms with Crippen molar-refractivity contribution in [1.29, 1.82) is 0 Å². The molecule has 2 N–H and O–H groups in total. The van der Waals surface area contributed by atoms with E-state index in [9.17, 15) is 4.79 Å². The average Bonchev–Trinajstić information content (AvgIpc) is 2.43. The number of aliphatic hydroxyl groups is 2. The van der Waals surface area contributed by atoms with E-state index in [1.54, 1.807) is 11.0 Å². The summed E-state index contributed by atoms with van der Waals surface area (Å²) >= 11 is 0. The molecule has 0 saturated heterocycles. The molecular weight excluding hydrogens is 242 g/mol. The van der Waals surface area contributed by atoms with Crippen molar-refractivity contribution < 1.29 is 15.0 Å². The molecule has 102 valence electrons. The zero-order chi connectivity index (χ0) is 14.3. The Kier molecular flexibility index (Phi) is 6.07. The Bertz CT molecular complexity index is 500. The average molecular weight is 261 g/mol. The quantitative estimate of drug-likeness (QED) is 0.788. The number of carbonyl (C=O) groups excluding carboxylic acids is 1. The maximum atomic E-state index is 12.3. The largest absolute Gasteiger partial charge is 0.395 e. The summed E-state index contributed by atoms with van der Waals surface area (Å²) in [6, 6.07) is 5.37. The lowest BCUT2D eigenvalue weighted by molar-refractivity contribution is 0.0731. The first-order chi connectivity index (χ1) is 9.13. The van der Waals surface area contributed by atoms with Crippen LogP contribution in [0.25, 0.3) is 0 Å². The van der Waals surface area contributed by atoms with Crippen LogP contribution in [-0.2, 0) is 0 Å². The highest BCUT2D eigenvalue weighted by Gasteiger charge is 2.15. The number of rotatable bonds is 4. The van der Waals surface area contributed by atoms with E-state index in [1.165, 1.54) is 0 Å². The molecule has 0 saturated carbocycles. The summed E-state index contributed by atoms with van der Waals surface area (Å²) in [7, 11) is 0. The fraction of sp³-hybridized carbons (Fsp3) is 0.400. The number of carbonyl (C=O) groups is 1. The van der Waals surface area contributed by atoms with Crippen molar-refractivity contribution in [3.63, 3.8) is 0 Å². The maximum Gasteiger partial charge on any atom is 0.254 e. The SMILES string of the molecule is CCN(CCO)C(=O)c1cc(C#CCO)ccc1C. The molecule has 19 heavy (non-hydrogen) atoms. The molecule has 0 aliphatic heterocycles. The molecule has 1 aromatic rings. The number of hydrogen-bond acceptors (Lipinski definition) is 3. The van der Waals surface area contributed by atoms with Gasteiger partial charge >= 0.3 is 0 Å². The molecule has 0 bridgehead atoms. The Balaban J connectivity index is 3.07. The first kappa shape index (κ1) is 15.2. The zero-order valence-corrected chi connectivity index (χ0v) is 11.3. The Morgan fingerprint density at radius 1 is 1.37 bits per heavy atom. The third-order valence-corrected chi connectivity index (χ3v) is 2.82. The molecule has 0 heterocycles. The molecule has 0 aliphatic carbocycles. The molecule has 4 nitrogen and oxygen atoms in total. The first-order valence-electron chi connectivity index (χ1n) is 6.24. The fourth-order valence-electron chi connectivity index (χ4n) is 1.77. The van der Waals surface area contributed by atoms with E-state index in [1.807, 2.05) is 26.0 Å². The van der Waals surface area contributed by atoms with Gasteiger partial charge in [-0.15, -0.1) is 0 Å². The number of aryl methyl sites for hydroxylation is 1. The number of likely N-dealkylation sites (N-methyl/N-ethyl adjacent to an activating group) is 1. The summed E-state index contributed by atoms with van der Waals surface area (Å²) < 4.78 is 0. The van der Waals surface area contributed by atoms with Crippen molar-refractivity contribution in [3.8, 4) is 11.8 Å². The van der Waals surface area contributed by atoms with Gasteiger partial charge in [0.2, 0.25) is 0 Å². The van der Waals surface area contributed by atoms with Crippen molar-refractivity contribution >= 4 is 5.91 Å². The standard InChI is InChI=1S/C15H19NO3/c1-3-16(8-10-18)15(19)14-11-13(5-4-9-17)7-6-12(14)2/h6-7,11,17-18H,3,8-10H2,1-2H3. The van der Waals surface area contributed by atoms with E-state index >= 15 is 0 Å². The van der Waals surface area contributed by atoms with Crippen LogP contribution in [0.1, 0.15) is 28.4 Å². The van der Waals surface area contributed by atoms with Gasteiger partial charge in [-0.3, -0.25) is 4.79 Å². The number of hydrogen-bond donors (Lipinski definition) is 2. The van der Waals surface area contributed by atoms with Crippen LogP contribution in [0.3, 0.4) is 0 Å².